The minimum Gasteiger partial charge on any atom is -0.392 e. The molecule has 0 radical (unpaired) electrons. The number of aryl methyl sites for hydroxylation is 1. The van der Waals surface area contributed by atoms with Crippen molar-refractivity contribution in [2.75, 3.05) is 0 Å². The van der Waals surface area contributed by atoms with Gasteiger partial charge in [0.1, 0.15) is 6.29 Å². The third-order valence-electron chi connectivity index (χ3n) is 12.8. The number of aliphatic hydroxyl groups excluding tert-OH is 1. The molecule has 3 aromatic heterocycles. The van der Waals surface area contributed by atoms with Crippen LogP contribution in [0.1, 0.15) is 179 Å². The van der Waals surface area contributed by atoms with Gasteiger partial charge in [-0.3, -0.25) is 4.79 Å². The van der Waals surface area contributed by atoms with Crippen molar-refractivity contribution in [1.29, 1.82) is 0 Å². The Morgan fingerprint density at radius 1 is 0.452 bits per heavy atom. The summed E-state index contributed by atoms with van der Waals surface area (Å²) >= 11 is 0. The van der Waals surface area contributed by atoms with Crippen molar-refractivity contribution in [3.63, 3.8) is 0 Å². The van der Waals surface area contributed by atoms with E-state index in [1.54, 1.807) is 0 Å². The maximum Gasteiger partial charge on any atom is 0.150 e. The molecule has 7 rings (SSSR count). The molecule has 324 valence electrons. The van der Waals surface area contributed by atoms with Gasteiger partial charge < -0.3 is 15.1 Å². The number of nitrogens with one attached hydrogen (secondary N) is 2. The number of carbonyl (C=O) groups is 1. The zero-order chi connectivity index (χ0) is 42.9. The molecule has 5 aromatic rings. The zero-order valence-electron chi connectivity index (χ0n) is 37.4. The topological polar surface area (TPSA) is 94.7 Å². The fraction of sp³-hybridized carbons (Fsp3) is 0.411. The largest absolute Gasteiger partial charge is 0.392 e. The number of aromatic nitrogens is 4. The van der Waals surface area contributed by atoms with Gasteiger partial charge in [0.2, 0.25) is 0 Å². The summed E-state index contributed by atoms with van der Waals surface area (Å²) in [6.07, 6.45) is 34.7. The molecule has 0 saturated carbocycles. The molecule has 0 fully saturated rings. The number of aromatic amines is 2. The minimum absolute atomic E-state index is 0.00939. The Labute approximate surface area is 370 Å². The van der Waals surface area contributed by atoms with Crippen LogP contribution in [0.5, 0.6) is 0 Å². The lowest BCUT2D eigenvalue weighted by Crippen LogP contribution is -1.97. The van der Waals surface area contributed by atoms with E-state index in [0.29, 0.717) is 5.56 Å². The summed E-state index contributed by atoms with van der Waals surface area (Å²) in [5.41, 5.74) is 16.0. The van der Waals surface area contributed by atoms with Gasteiger partial charge in [0.15, 0.2) is 0 Å². The van der Waals surface area contributed by atoms with Gasteiger partial charge >= 0.3 is 0 Å². The van der Waals surface area contributed by atoms with Gasteiger partial charge in [-0.15, -0.1) is 0 Å². The van der Waals surface area contributed by atoms with E-state index >= 15 is 0 Å². The molecule has 0 amide bonds. The summed E-state index contributed by atoms with van der Waals surface area (Å²) in [7, 11) is 0. The van der Waals surface area contributed by atoms with Gasteiger partial charge in [-0.25, -0.2) is 9.97 Å². The lowest BCUT2D eigenvalue weighted by atomic mass is 10.0. The van der Waals surface area contributed by atoms with E-state index in [9.17, 15) is 9.90 Å². The van der Waals surface area contributed by atoms with Crippen molar-refractivity contribution in [1.82, 2.24) is 19.9 Å². The number of aldehydes is 1. The molecule has 0 unspecified atom stereocenters. The van der Waals surface area contributed by atoms with E-state index in [2.05, 4.69) is 84.5 Å². The van der Waals surface area contributed by atoms with E-state index in [1.165, 1.54) is 114 Å². The third kappa shape index (κ3) is 11.6. The Morgan fingerprint density at radius 3 is 1.39 bits per heavy atom. The number of aliphatic hydroxyl groups is 1. The van der Waals surface area contributed by atoms with Crippen LogP contribution in [0.2, 0.25) is 0 Å². The summed E-state index contributed by atoms with van der Waals surface area (Å²) in [5, 5.41) is 9.90. The quantitative estimate of drug-likeness (QED) is 0.0418. The lowest BCUT2D eigenvalue weighted by molar-refractivity contribution is 0.112. The molecule has 0 aliphatic carbocycles. The molecule has 2 aromatic carbocycles. The SMILES string of the molecule is CCCCCCCCCCCc1c2nc(c(CCCCCCCCCCC)c3ccc([nH]3)c(-c3ccc(C=O)cc3)c3ccc([nH]3)c(-c3ccc(CO)cc3)c3nc1C=C3)C=C2. The molecule has 2 aliphatic rings. The van der Waals surface area contributed by atoms with Crippen molar-refractivity contribution in [3.8, 4) is 22.3 Å². The van der Waals surface area contributed by atoms with E-state index in [1.807, 2.05) is 36.4 Å². The van der Waals surface area contributed by atoms with Crippen LogP contribution in [0.4, 0.5) is 0 Å². The van der Waals surface area contributed by atoms with E-state index < -0.39 is 0 Å². The number of carbonyl (C=O) groups excluding carboxylic acids is 1. The molecule has 8 bridgehead atoms. The number of benzene rings is 2. The summed E-state index contributed by atoms with van der Waals surface area (Å²) in [4.78, 5) is 30.3. The second-order valence-corrected chi connectivity index (χ2v) is 17.5. The van der Waals surface area contributed by atoms with Crippen molar-refractivity contribution in [3.05, 3.63) is 118 Å². The fourth-order valence-corrected chi connectivity index (χ4v) is 9.19. The summed E-state index contributed by atoms with van der Waals surface area (Å²) in [6, 6.07) is 24.7. The molecule has 6 heteroatoms. The maximum absolute atomic E-state index is 11.7. The Bertz CT molecular complexity index is 2450. The van der Waals surface area contributed by atoms with Crippen molar-refractivity contribution in [2.45, 2.75) is 149 Å². The number of unbranched alkanes of at least 4 members (excludes halogenated alkanes) is 16. The average Bonchev–Trinajstić information content (AvgIpc) is 4.16. The second kappa shape index (κ2) is 23.2. The molecular weight excluding hydrogens is 761 g/mol. The maximum atomic E-state index is 11.7. The van der Waals surface area contributed by atoms with Crippen LogP contribution in [-0.2, 0) is 19.4 Å². The van der Waals surface area contributed by atoms with Crippen molar-refractivity contribution in [2.24, 2.45) is 0 Å². The van der Waals surface area contributed by atoms with Gasteiger partial charge in [-0.1, -0.05) is 165 Å². The molecule has 62 heavy (non-hydrogen) atoms. The molecule has 6 nitrogen and oxygen atoms in total. The Hall–Kier alpha value is -5.33. The number of H-pyrrole nitrogens is 2. The van der Waals surface area contributed by atoms with Crippen molar-refractivity contribution < 1.29 is 9.90 Å². The van der Waals surface area contributed by atoms with Crippen LogP contribution >= 0.6 is 0 Å². The first-order chi connectivity index (χ1) is 30.6. The predicted octanol–water partition coefficient (Wildman–Crippen LogP) is 15.4. The van der Waals surface area contributed by atoms with E-state index in [0.717, 1.165) is 105 Å². The number of rotatable bonds is 24. The second-order valence-electron chi connectivity index (χ2n) is 17.5. The average molecular weight is 829 g/mol. The predicted molar refractivity (Wildman–Crippen MR) is 263 cm³/mol. The highest BCUT2D eigenvalue weighted by Crippen LogP contribution is 2.35. The minimum atomic E-state index is -0.00939. The van der Waals surface area contributed by atoms with E-state index in [4.69, 9.17) is 9.97 Å². The summed E-state index contributed by atoms with van der Waals surface area (Å²) in [6.45, 7) is 4.56. The molecular formula is C56H68N4O2. The fourth-order valence-electron chi connectivity index (χ4n) is 9.19. The Morgan fingerprint density at radius 2 is 0.855 bits per heavy atom. The molecule has 5 heterocycles. The van der Waals surface area contributed by atoms with Gasteiger partial charge in [0.25, 0.3) is 0 Å². The first-order valence-electron chi connectivity index (χ1n) is 24.0. The first kappa shape index (κ1) is 44.7. The highest BCUT2D eigenvalue weighted by Gasteiger charge is 2.18. The number of fused-ring (bicyclic) bond motifs is 8. The van der Waals surface area contributed by atoms with Crippen molar-refractivity contribution >= 4 is 52.7 Å². The van der Waals surface area contributed by atoms with Gasteiger partial charge in [-0.05, 0) is 90.9 Å². The van der Waals surface area contributed by atoms with Gasteiger partial charge in [-0.2, -0.15) is 0 Å². The molecule has 0 saturated heterocycles. The third-order valence-corrected chi connectivity index (χ3v) is 12.8. The van der Waals surface area contributed by atoms with Crippen LogP contribution < -0.4 is 0 Å². The monoisotopic (exact) mass is 829 g/mol. The van der Waals surface area contributed by atoms with Crippen LogP contribution in [-0.4, -0.2) is 31.3 Å². The number of hydrogen-bond donors (Lipinski definition) is 3. The molecule has 0 spiro atoms. The van der Waals surface area contributed by atoms with Crippen LogP contribution in [0.3, 0.4) is 0 Å². The molecule has 2 aliphatic heterocycles. The summed E-state index contributed by atoms with van der Waals surface area (Å²) in [5.74, 6) is 0. The summed E-state index contributed by atoms with van der Waals surface area (Å²) < 4.78 is 0. The van der Waals surface area contributed by atoms with Gasteiger partial charge in [0.05, 0.1) is 29.4 Å². The number of hydrogen-bond acceptors (Lipinski definition) is 4. The normalized spacial score (nSPS) is 12.1. The molecule has 0 atom stereocenters. The first-order valence-corrected chi connectivity index (χ1v) is 24.0. The standard InChI is InChI=1S/C56H68N4O2/c1-3-5-7-9-11-13-15-17-19-21-45-47-31-32-48(57-47)46(22-20-18-16-14-12-10-8-6-4-2)50-34-36-52(59-50)56(44-29-25-42(40-62)26-30-44)54-38-37-53(60-54)55(51-35-33-49(45)58-51)43-27-23-41(39-61)24-28-43/h23-39,58,60,62H,3-22,40H2,1-2H3. The zero-order valence-corrected chi connectivity index (χ0v) is 37.4. The highest BCUT2D eigenvalue weighted by molar-refractivity contribution is 5.97. The van der Waals surface area contributed by atoms with Gasteiger partial charge in [0, 0.05) is 49.9 Å². The smallest absolute Gasteiger partial charge is 0.150 e. The number of nitrogens with zero attached hydrogens (tertiary/aromatic N) is 2. The lowest BCUT2D eigenvalue weighted by Gasteiger charge is -2.07. The highest BCUT2D eigenvalue weighted by atomic mass is 16.3. The van der Waals surface area contributed by atoms with E-state index in [-0.39, 0.29) is 6.61 Å². The van der Waals surface area contributed by atoms with Crippen LogP contribution in [0, 0.1) is 0 Å². The van der Waals surface area contributed by atoms with Crippen LogP contribution in [0.15, 0.2) is 72.8 Å². The molecule has 3 N–H and O–H groups in total. The Balaban J connectivity index is 1.36. The van der Waals surface area contributed by atoms with Crippen LogP contribution in [0.25, 0.3) is 68.6 Å². The Kier molecular flexibility index (Phi) is 16.7.